The quantitative estimate of drug-likeness (QED) is 0.541. The lowest BCUT2D eigenvalue weighted by Gasteiger charge is -2.36. The molecule has 0 saturated heterocycles. The van der Waals surface area contributed by atoms with Crippen molar-refractivity contribution in [1.82, 2.24) is 0 Å². The maximum Gasteiger partial charge on any atom is 0.269 e. The van der Waals surface area contributed by atoms with Gasteiger partial charge in [-0.2, -0.15) is 8.42 Å². The summed E-state index contributed by atoms with van der Waals surface area (Å²) in [5.41, 5.74) is 0. The highest BCUT2D eigenvalue weighted by Crippen LogP contribution is 2.45. The second-order valence-electron chi connectivity index (χ2n) is 6.48. The molecule has 0 aromatic heterocycles. The molecule has 1 unspecified atom stereocenters. The maximum atomic E-state index is 12.6. The molecule has 0 amide bonds. The highest BCUT2D eigenvalue weighted by atomic mass is 32.2. The number of aliphatic hydroxyl groups excluding tert-OH is 1. The van der Waals surface area contributed by atoms with Gasteiger partial charge in [0.2, 0.25) is 11.8 Å². The molecule has 2 aliphatic carbocycles. The van der Waals surface area contributed by atoms with Crippen LogP contribution in [0.2, 0.25) is 0 Å². The van der Waals surface area contributed by atoms with E-state index in [0.717, 1.165) is 0 Å². The predicted molar refractivity (Wildman–Crippen MR) is 70.3 cm³/mol. The number of alkyl halides is 4. The summed E-state index contributed by atoms with van der Waals surface area (Å²) >= 11 is 0. The smallest absolute Gasteiger partial charge is 0.269 e. The Hall–Kier alpha value is -0.410. The van der Waals surface area contributed by atoms with Crippen LogP contribution in [0.15, 0.2) is 0 Å². The van der Waals surface area contributed by atoms with Gasteiger partial charge in [0, 0.05) is 25.7 Å². The second-order valence-corrected chi connectivity index (χ2v) is 8.17. The molecular formula is C13H20F4O4S. The largest absolute Gasteiger partial charge is 0.392 e. The molecule has 9 heteroatoms. The van der Waals surface area contributed by atoms with Crippen molar-refractivity contribution in [2.45, 2.75) is 56.5 Å². The van der Waals surface area contributed by atoms with Gasteiger partial charge in [-0.25, -0.2) is 17.6 Å². The van der Waals surface area contributed by atoms with Crippen molar-refractivity contribution < 1.29 is 35.3 Å². The monoisotopic (exact) mass is 348 g/mol. The van der Waals surface area contributed by atoms with Gasteiger partial charge < -0.3 is 5.11 Å². The molecule has 22 heavy (non-hydrogen) atoms. The van der Waals surface area contributed by atoms with Gasteiger partial charge in [-0.1, -0.05) is 0 Å². The molecule has 4 nitrogen and oxygen atoms in total. The lowest BCUT2D eigenvalue weighted by Crippen LogP contribution is -2.38. The van der Waals surface area contributed by atoms with Crippen LogP contribution >= 0.6 is 0 Å². The van der Waals surface area contributed by atoms with Gasteiger partial charge in [0.15, 0.2) is 0 Å². The van der Waals surface area contributed by atoms with E-state index in [1.807, 2.05) is 0 Å². The van der Waals surface area contributed by atoms with Gasteiger partial charge >= 0.3 is 0 Å². The molecule has 0 heterocycles. The average Bonchev–Trinajstić information content (AvgIpc) is 2.22. The van der Waals surface area contributed by atoms with Crippen molar-refractivity contribution in [3.63, 3.8) is 0 Å². The van der Waals surface area contributed by atoms with Crippen LogP contribution < -0.4 is 0 Å². The summed E-state index contributed by atoms with van der Waals surface area (Å²) in [6.07, 6.45) is -2.21. The van der Waals surface area contributed by atoms with Gasteiger partial charge in [-0.3, -0.25) is 4.18 Å². The fourth-order valence-corrected chi connectivity index (χ4v) is 4.07. The van der Waals surface area contributed by atoms with Crippen molar-refractivity contribution in [2.24, 2.45) is 11.8 Å². The van der Waals surface area contributed by atoms with E-state index in [4.69, 9.17) is 0 Å². The van der Waals surface area contributed by atoms with Crippen LogP contribution in [0.4, 0.5) is 17.6 Å². The Labute approximate surface area is 127 Å². The first-order chi connectivity index (χ1) is 9.96. The number of aliphatic hydroxyl groups is 1. The zero-order chi connectivity index (χ0) is 16.6. The molecule has 2 fully saturated rings. The Balaban J connectivity index is 1.61. The summed E-state index contributed by atoms with van der Waals surface area (Å²) in [6.45, 7) is -0.197. The molecule has 1 atom stereocenters. The minimum Gasteiger partial charge on any atom is -0.392 e. The van der Waals surface area contributed by atoms with E-state index in [-0.39, 0.29) is 57.0 Å². The fraction of sp³-hybridized carbons (Fsp3) is 1.00. The molecule has 1 N–H and O–H groups in total. The number of halogens is 4. The lowest BCUT2D eigenvalue weighted by atomic mass is 9.78. The standard InChI is InChI=1S/C13H20F4O4S/c14-12(15)4-9(5-12)1-2-21-22(19,20)8-11(18)3-10-6-13(16,17)7-10/h9-11,18H,1-8H2. The van der Waals surface area contributed by atoms with E-state index in [0.29, 0.717) is 0 Å². The maximum absolute atomic E-state index is 12.6. The van der Waals surface area contributed by atoms with Crippen molar-refractivity contribution in [3.05, 3.63) is 0 Å². The van der Waals surface area contributed by atoms with Gasteiger partial charge in [0.05, 0.1) is 12.7 Å². The van der Waals surface area contributed by atoms with Crippen LogP contribution in [0.5, 0.6) is 0 Å². The molecule has 0 radical (unpaired) electrons. The third-order valence-corrected chi connectivity index (χ3v) is 5.46. The van der Waals surface area contributed by atoms with Crippen LogP contribution in [0.1, 0.15) is 38.5 Å². The van der Waals surface area contributed by atoms with E-state index in [2.05, 4.69) is 4.18 Å². The zero-order valence-corrected chi connectivity index (χ0v) is 12.8. The van der Waals surface area contributed by atoms with Gasteiger partial charge in [0.25, 0.3) is 10.1 Å². The van der Waals surface area contributed by atoms with Crippen LogP contribution in [0.25, 0.3) is 0 Å². The first kappa shape index (κ1) is 17.9. The molecule has 2 saturated carbocycles. The molecule has 0 spiro atoms. The van der Waals surface area contributed by atoms with Crippen molar-refractivity contribution >= 4 is 10.1 Å². The van der Waals surface area contributed by atoms with Crippen LogP contribution in [-0.2, 0) is 14.3 Å². The SMILES string of the molecule is O=S(=O)(CC(O)CC1CC(F)(F)C1)OCCC1CC(F)(F)C1. The van der Waals surface area contributed by atoms with Crippen molar-refractivity contribution in [3.8, 4) is 0 Å². The summed E-state index contributed by atoms with van der Waals surface area (Å²) in [7, 11) is -3.97. The fourth-order valence-electron chi connectivity index (χ4n) is 3.02. The summed E-state index contributed by atoms with van der Waals surface area (Å²) in [5.74, 6) is -6.63. The molecule has 0 aliphatic heterocycles. The number of rotatable bonds is 8. The van der Waals surface area contributed by atoms with E-state index in [1.165, 1.54) is 0 Å². The Morgan fingerprint density at radius 2 is 1.55 bits per heavy atom. The predicted octanol–water partition coefficient (Wildman–Crippen LogP) is 2.56. The Morgan fingerprint density at radius 3 is 2.05 bits per heavy atom. The van der Waals surface area contributed by atoms with Crippen molar-refractivity contribution in [2.75, 3.05) is 12.4 Å². The van der Waals surface area contributed by atoms with E-state index in [1.54, 1.807) is 0 Å². The molecule has 0 bridgehead atoms. The van der Waals surface area contributed by atoms with Crippen molar-refractivity contribution in [1.29, 1.82) is 0 Å². The molecule has 0 aromatic rings. The molecule has 0 aromatic carbocycles. The molecule has 2 rings (SSSR count). The normalized spacial score (nSPS) is 26.2. The highest BCUT2D eigenvalue weighted by Gasteiger charge is 2.46. The van der Waals surface area contributed by atoms with E-state index < -0.39 is 33.8 Å². The van der Waals surface area contributed by atoms with Gasteiger partial charge in [0.1, 0.15) is 5.75 Å². The first-order valence-electron chi connectivity index (χ1n) is 7.27. The number of hydrogen-bond acceptors (Lipinski definition) is 4. The lowest BCUT2D eigenvalue weighted by molar-refractivity contribution is -0.118. The first-order valence-corrected chi connectivity index (χ1v) is 8.85. The zero-order valence-electron chi connectivity index (χ0n) is 12.0. The Bertz CT molecular complexity index is 478. The summed E-state index contributed by atoms with van der Waals surface area (Å²) in [6, 6.07) is 0. The van der Waals surface area contributed by atoms with E-state index in [9.17, 15) is 31.1 Å². The van der Waals surface area contributed by atoms with Crippen LogP contribution in [0, 0.1) is 11.8 Å². The third-order valence-electron chi connectivity index (χ3n) is 4.14. The Morgan fingerprint density at radius 1 is 1.05 bits per heavy atom. The molecular weight excluding hydrogens is 328 g/mol. The highest BCUT2D eigenvalue weighted by molar-refractivity contribution is 7.86. The Kier molecular flexibility index (Phi) is 5.09. The number of hydrogen-bond donors (Lipinski definition) is 1. The topological polar surface area (TPSA) is 63.6 Å². The average molecular weight is 348 g/mol. The molecule has 130 valence electrons. The molecule has 2 aliphatic rings. The summed E-state index contributed by atoms with van der Waals surface area (Å²) in [4.78, 5) is 0. The second kappa shape index (κ2) is 6.24. The summed E-state index contributed by atoms with van der Waals surface area (Å²) < 4.78 is 78.3. The minimum atomic E-state index is -3.97. The van der Waals surface area contributed by atoms with Crippen LogP contribution in [0.3, 0.4) is 0 Å². The summed E-state index contributed by atoms with van der Waals surface area (Å²) in [5, 5.41) is 9.62. The van der Waals surface area contributed by atoms with E-state index >= 15 is 0 Å². The minimum absolute atomic E-state index is 0.00692. The third kappa shape index (κ3) is 5.34. The van der Waals surface area contributed by atoms with Gasteiger partial charge in [-0.05, 0) is 24.7 Å². The van der Waals surface area contributed by atoms with Crippen LogP contribution in [-0.4, -0.2) is 43.8 Å². The van der Waals surface area contributed by atoms with Gasteiger partial charge in [-0.15, -0.1) is 0 Å².